The molecule has 0 atom stereocenters. The lowest BCUT2D eigenvalue weighted by Gasteiger charge is -2.06. The maximum atomic E-state index is 11.3. The van der Waals surface area contributed by atoms with E-state index in [0.29, 0.717) is 11.3 Å². The van der Waals surface area contributed by atoms with Crippen molar-refractivity contribution in [2.75, 3.05) is 17.1 Å². The zero-order chi connectivity index (χ0) is 12.2. The van der Waals surface area contributed by atoms with Gasteiger partial charge >= 0.3 is 0 Å². The Morgan fingerprint density at radius 2 is 1.88 bits per heavy atom. The van der Waals surface area contributed by atoms with Gasteiger partial charge in [-0.3, -0.25) is 9.52 Å². The first kappa shape index (κ1) is 12.5. The summed E-state index contributed by atoms with van der Waals surface area (Å²) in [6.45, 7) is -0.450. The van der Waals surface area contributed by atoms with Crippen LogP contribution in [0.25, 0.3) is 0 Å². The number of benzene rings is 1. The number of nitrogens with two attached hydrogens (primary N) is 1. The topological polar surface area (TPSA) is 109 Å². The van der Waals surface area contributed by atoms with Gasteiger partial charge in [-0.25, -0.2) is 8.42 Å². The number of primary amides is 1. The maximum absolute atomic E-state index is 11.3. The number of rotatable bonds is 5. The summed E-state index contributed by atoms with van der Waals surface area (Å²) in [4.78, 5) is 10.8. The molecular weight excluding hydrogens is 232 g/mol. The molecule has 0 saturated carbocycles. The van der Waals surface area contributed by atoms with Gasteiger partial charge in [0, 0.05) is 11.3 Å². The van der Waals surface area contributed by atoms with E-state index in [4.69, 9.17) is 10.8 Å². The van der Waals surface area contributed by atoms with Crippen LogP contribution in [0.1, 0.15) is 10.4 Å². The molecule has 1 aromatic carbocycles. The fraction of sp³-hybridized carbons (Fsp3) is 0.222. The number of anilines is 1. The molecule has 0 aliphatic carbocycles. The van der Waals surface area contributed by atoms with Crippen LogP contribution in [0.4, 0.5) is 5.69 Å². The van der Waals surface area contributed by atoms with Crippen molar-refractivity contribution in [3.05, 3.63) is 29.8 Å². The number of nitrogens with one attached hydrogen (secondary N) is 1. The molecule has 88 valence electrons. The van der Waals surface area contributed by atoms with Crippen molar-refractivity contribution in [1.82, 2.24) is 0 Å². The first-order valence-electron chi connectivity index (χ1n) is 4.46. The van der Waals surface area contributed by atoms with Gasteiger partial charge in [0.2, 0.25) is 15.9 Å². The summed E-state index contributed by atoms with van der Waals surface area (Å²) in [5.74, 6) is -0.949. The van der Waals surface area contributed by atoms with Crippen LogP contribution in [0.5, 0.6) is 0 Å². The van der Waals surface area contributed by atoms with E-state index in [0.717, 1.165) is 0 Å². The largest absolute Gasteiger partial charge is 0.395 e. The smallest absolute Gasteiger partial charge is 0.248 e. The Bertz CT molecular complexity index is 467. The van der Waals surface area contributed by atoms with Gasteiger partial charge in [-0.1, -0.05) is 0 Å². The predicted octanol–water partition coefficient (Wildman–Crippen LogP) is -0.481. The van der Waals surface area contributed by atoms with Crippen molar-refractivity contribution in [1.29, 1.82) is 0 Å². The van der Waals surface area contributed by atoms with E-state index >= 15 is 0 Å². The average Bonchev–Trinajstić information content (AvgIpc) is 2.17. The number of aliphatic hydroxyl groups excluding tert-OH is 1. The average molecular weight is 244 g/mol. The second kappa shape index (κ2) is 4.95. The Labute approximate surface area is 93.1 Å². The summed E-state index contributed by atoms with van der Waals surface area (Å²) in [6, 6.07) is 5.68. The van der Waals surface area contributed by atoms with E-state index in [2.05, 4.69) is 4.72 Å². The Balaban J connectivity index is 2.80. The van der Waals surface area contributed by atoms with E-state index in [9.17, 15) is 13.2 Å². The Hall–Kier alpha value is -1.60. The summed E-state index contributed by atoms with van der Waals surface area (Å²) in [5, 5.41) is 8.52. The Morgan fingerprint density at radius 3 is 2.31 bits per heavy atom. The molecule has 0 unspecified atom stereocenters. The van der Waals surface area contributed by atoms with Gasteiger partial charge in [0.1, 0.15) is 0 Å². The number of sulfonamides is 1. The molecule has 1 aromatic rings. The van der Waals surface area contributed by atoms with Crippen LogP contribution in [0, 0.1) is 0 Å². The van der Waals surface area contributed by atoms with Gasteiger partial charge in [0.25, 0.3) is 0 Å². The third kappa shape index (κ3) is 3.52. The lowest BCUT2D eigenvalue weighted by molar-refractivity contribution is 0.100. The van der Waals surface area contributed by atoms with Crippen LogP contribution < -0.4 is 10.5 Å². The summed E-state index contributed by atoms with van der Waals surface area (Å²) in [5.41, 5.74) is 5.64. The SMILES string of the molecule is NC(=O)c1ccc(NS(=O)(=O)CCO)cc1. The molecule has 0 spiro atoms. The second-order valence-corrected chi connectivity index (χ2v) is 4.93. The fourth-order valence-electron chi connectivity index (χ4n) is 1.05. The van der Waals surface area contributed by atoms with Crippen LogP contribution >= 0.6 is 0 Å². The Kier molecular flexibility index (Phi) is 3.86. The summed E-state index contributed by atoms with van der Waals surface area (Å²) >= 11 is 0. The highest BCUT2D eigenvalue weighted by atomic mass is 32.2. The molecule has 0 saturated heterocycles. The first-order valence-corrected chi connectivity index (χ1v) is 6.11. The van der Waals surface area contributed by atoms with Gasteiger partial charge in [-0.05, 0) is 24.3 Å². The minimum Gasteiger partial charge on any atom is -0.395 e. The molecule has 0 aliphatic rings. The van der Waals surface area contributed by atoms with Crippen molar-refractivity contribution in [2.45, 2.75) is 0 Å². The number of carbonyl (C=O) groups is 1. The minimum absolute atomic E-state index is 0.296. The van der Waals surface area contributed by atoms with E-state index in [1.807, 2.05) is 0 Å². The Morgan fingerprint density at radius 1 is 1.31 bits per heavy atom. The normalized spacial score (nSPS) is 11.1. The lowest BCUT2D eigenvalue weighted by Crippen LogP contribution is -2.19. The number of carbonyl (C=O) groups excluding carboxylic acids is 1. The molecule has 0 fully saturated rings. The summed E-state index contributed by atoms with van der Waals surface area (Å²) < 4.78 is 24.8. The third-order valence-corrected chi connectivity index (χ3v) is 3.07. The van der Waals surface area contributed by atoms with E-state index in [-0.39, 0.29) is 5.75 Å². The van der Waals surface area contributed by atoms with Crippen molar-refractivity contribution in [2.24, 2.45) is 5.73 Å². The zero-order valence-corrected chi connectivity index (χ0v) is 9.20. The molecule has 0 heterocycles. The van der Waals surface area contributed by atoms with Crippen LogP contribution in [0.3, 0.4) is 0 Å². The summed E-state index contributed by atoms with van der Waals surface area (Å²) in [6.07, 6.45) is 0. The quantitative estimate of drug-likeness (QED) is 0.649. The molecule has 1 amide bonds. The summed E-state index contributed by atoms with van der Waals surface area (Å²) in [7, 11) is -3.53. The molecule has 4 N–H and O–H groups in total. The highest BCUT2D eigenvalue weighted by Gasteiger charge is 2.09. The lowest BCUT2D eigenvalue weighted by atomic mass is 10.2. The number of aliphatic hydroxyl groups is 1. The van der Waals surface area contributed by atoms with Crippen molar-refractivity contribution in [3.8, 4) is 0 Å². The van der Waals surface area contributed by atoms with E-state index < -0.39 is 22.5 Å². The highest BCUT2D eigenvalue weighted by Crippen LogP contribution is 2.10. The molecule has 7 heteroatoms. The standard InChI is InChI=1S/C9H12N2O4S/c10-9(13)7-1-3-8(4-2-7)11-16(14,15)6-5-12/h1-4,11-12H,5-6H2,(H2,10,13). The molecule has 16 heavy (non-hydrogen) atoms. The van der Waals surface area contributed by atoms with Crippen LogP contribution in [-0.4, -0.2) is 31.8 Å². The molecule has 1 rings (SSSR count). The molecule has 0 aromatic heterocycles. The molecule has 0 bridgehead atoms. The highest BCUT2D eigenvalue weighted by molar-refractivity contribution is 7.92. The zero-order valence-electron chi connectivity index (χ0n) is 8.38. The number of amides is 1. The van der Waals surface area contributed by atoms with Crippen LogP contribution in [-0.2, 0) is 10.0 Å². The van der Waals surface area contributed by atoms with Crippen molar-refractivity contribution in [3.63, 3.8) is 0 Å². The third-order valence-electron chi connectivity index (χ3n) is 1.80. The molecule has 6 nitrogen and oxygen atoms in total. The molecular formula is C9H12N2O4S. The van der Waals surface area contributed by atoms with Gasteiger partial charge < -0.3 is 10.8 Å². The molecule has 0 radical (unpaired) electrons. The second-order valence-electron chi connectivity index (χ2n) is 3.09. The number of hydrogen-bond acceptors (Lipinski definition) is 4. The van der Waals surface area contributed by atoms with Crippen molar-refractivity contribution >= 4 is 21.6 Å². The maximum Gasteiger partial charge on any atom is 0.248 e. The predicted molar refractivity (Wildman–Crippen MR) is 59.5 cm³/mol. The minimum atomic E-state index is -3.53. The monoisotopic (exact) mass is 244 g/mol. The van der Waals surface area contributed by atoms with Gasteiger partial charge in [-0.15, -0.1) is 0 Å². The van der Waals surface area contributed by atoms with E-state index in [1.165, 1.54) is 24.3 Å². The van der Waals surface area contributed by atoms with Crippen LogP contribution in [0.15, 0.2) is 24.3 Å². The molecule has 0 aliphatic heterocycles. The fourth-order valence-corrected chi connectivity index (χ4v) is 1.89. The van der Waals surface area contributed by atoms with Crippen molar-refractivity contribution < 1.29 is 18.3 Å². The number of hydrogen-bond donors (Lipinski definition) is 3. The van der Waals surface area contributed by atoms with Gasteiger partial charge in [0.15, 0.2) is 0 Å². The van der Waals surface area contributed by atoms with Gasteiger partial charge in [-0.2, -0.15) is 0 Å². The van der Waals surface area contributed by atoms with E-state index in [1.54, 1.807) is 0 Å². The first-order chi connectivity index (χ1) is 7.44. The van der Waals surface area contributed by atoms with Gasteiger partial charge in [0.05, 0.1) is 12.4 Å². The van der Waals surface area contributed by atoms with Crippen LogP contribution in [0.2, 0.25) is 0 Å².